The summed E-state index contributed by atoms with van der Waals surface area (Å²) in [6.07, 6.45) is 2.92. The summed E-state index contributed by atoms with van der Waals surface area (Å²) >= 11 is 0. The van der Waals surface area contributed by atoms with Gasteiger partial charge in [-0.1, -0.05) is 35.5 Å². The normalized spacial score (nSPS) is 19.8. The molecule has 2 aromatic rings. The lowest BCUT2D eigenvalue weighted by atomic mass is 10.1. The van der Waals surface area contributed by atoms with Crippen LogP contribution in [0.5, 0.6) is 0 Å². The number of rotatable bonds is 6. The number of hydrogen-bond acceptors (Lipinski definition) is 5. The Morgan fingerprint density at radius 2 is 2.24 bits per heavy atom. The van der Waals surface area contributed by atoms with E-state index in [4.69, 9.17) is 9.26 Å². The highest BCUT2D eigenvalue weighted by atomic mass is 16.5. The molecule has 1 N–H and O–H groups in total. The van der Waals surface area contributed by atoms with Crippen LogP contribution in [0.25, 0.3) is 0 Å². The van der Waals surface area contributed by atoms with Gasteiger partial charge in [0.1, 0.15) is 6.10 Å². The van der Waals surface area contributed by atoms with Gasteiger partial charge in [-0.05, 0) is 31.9 Å². The van der Waals surface area contributed by atoms with E-state index in [9.17, 15) is 0 Å². The monoisotopic (exact) mass is 287 g/mol. The average molecular weight is 287 g/mol. The van der Waals surface area contributed by atoms with Crippen molar-refractivity contribution in [2.24, 2.45) is 0 Å². The van der Waals surface area contributed by atoms with Crippen molar-refractivity contribution in [3.63, 3.8) is 0 Å². The number of aromatic nitrogens is 2. The molecule has 1 aliphatic rings. The van der Waals surface area contributed by atoms with Crippen molar-refractivity contribution < 1.29 is 9.26 Å². The first-order chi connectivity index (χ1) is 10.4. The first-order valence-corrected chi connectivity index (χ1v) is 7.59. The van der Waals surface area contributed by atoms with Crippen molar-refractivity contribution in [3.8, 4) is 0 Å². The highest BCUT2D eigenvalue weighted by Crippen LogP contribution is 2.24. The molecular formula is C16H21N3O2. The summed E-state index contributed by atoms with van der Waals surface area (Å²) in [4.78, 5) is 4.53. The fourth-order valence-corrected chi connectivity index (χ4v) is 2.71. The molecule has 2 heterocycles. The maximum atomic E-state index is 5.80. The highest BCUT2D eigenvalue weighted by Gasteiger charge is 2.23. The van der Waals surface area contributed by atoms with Crippen molar-refractivity contribution in [2.45, 2.75) is 38.3 Å². The summed E-state index contributed by atoms with van der Waals surface area (Å²) in [5.41, 5.74) is 1.05. The third kappa shape index (κ3) is 3.49. The molecule has 0 saturated carbocycles. The van der Waals surface area contributed by atoms with Crippen LogP contribution in [0, 0.1) is 0 Å². The minimum atomic E-state index is -0.259. The van der Waals surface area contributed by atoms with Crippen LogP contribution in [0.3, 0.4) is 0 Å². The number of nitrogens with one attached hydrogen (secondary N) is 1. The van der Waals surface area contributed by atoms with Crippen LogP contribution in [0.4, 0.5) is 0 Å². The van der Waals surface area contributed by atoms with E-state index in [1.165, 1.54) is 12.8 Å². The fraction of sp³-hybridized carbons (Fsp3) is 0.500. The van der Waals surface area contributed by atoms with Gasteiger partial charge in [-0.3, -0.25) is 0 Å². The average Bonchev–Trinajstić information content (AvgIpc) is 3.18. The SMILES string of the molecule is CCOC(c1ccccc1)c1noc(CC2CCCN2)n1. The molecule has 21 heavy (non-hydrogen) atoms. The van der Waals surface area contributed by atoms with Gasteiger partial charge in [-0.2, -0.15) is 4.98 Å². The molecule has 3 rings (SSSR count). The Labute approximate surface area is 124 Å². The van der Waals surface area contributed by atoms with Gasteiger partial charge in [0.05, 0.1) is 0 Å². The minimum absolute atomic E-state index is 0.259. The predicted molar refractivity (Wildman–Crippen MR) is 78.9 cm³/mol. The Morgan fingerprint density at radius 1 is 1.38 bits per heavy atom. The molecule has 1 aromatic carbocycles. The molecule has 0 radical (unpaired) electrons. The van der Waals surface area contributed by atoms with E-state index in [-0.39, 0.29) is 6.10 Å². The second kappa shape index (κ2) is 6.83. The first-order valence-electron chi connectivity index (χ1n) is 7.59. The number of nitrogens with zero attached hydrogens (tertiary/aromatic N) is 2. The molecule has 0 aliphatic carbocycles. The largest absolute Gasteiger partial charge is 0.366 e. The minimum Gasteiger partial charge on any atom is -0.366 e. The Morgan fingerprint density at radius 3 is 2.95 bits per heavy atom. The Bertz CT molecular complexity index is 550. The summed E-state index contributed by atoms with van der Waals surface area (Å²) in [5.74, 6) is 1.29. The summed E-state index contributed by atoms with van der Waals surface area (Å²) < 4.78 is 11.2. The molecule has 5 nitrogen and oxygen atoms in total. The van der Waals surface area contributed by atoms with Gasteiger partial charge in [-0.15, -0.1) is 0 Å². The van der Waals surface area contributed by atoms with Gasteiger partial charge < -0.3 is 14.6 Å². The topological polar surface area (TPSA) is 60.2 Å². The molecular weight excluding hydrogens is 266 g/mol. The molecule has 0 amide bonds. The van der Waals surface area contributed by atoms with E-state index in [1.807, 2.05) is 37.3 Å². The Kier molecular flexibility index (Phi) is 4.62. The van der Waals surface area contributed by atoms with Crippen LogP contribution < -0.4 is 5.32 Å². The van der Waals surface area contributed by atoms with Gasteiger partial charge in [0, 0.05) is 19.1 Å². The molecule has 1 aliphatic heterocycles. The molecule has 1 saturated heterocycles. The van der Waals surface area contributed by atoms with E-state index >= 15 is 0 Å². The van der Waals surface area contributed by atoms with Crippen molar-refractivity contribution >= 4 is 0 Å². The zero-order chi connectivity index (χ0) is 14.5. The molecule has 5 heteroatoms. The van der Waals surface area contributed by atoms with Crippen LogP contribution >= 0.6 is 0 Å². The standard InChI is InChI=1S/C16H21N3O2/c1-2-20-15(12-7-4-3-5-8-12)16-18-14(21-19-16)11-13-9-6-10-17-13/h3-5,7-8,13,15,17H,2,6,9-11H2,1H3. The first kappa shape index (κ1) is 14.2. The van der Waals surface area contributed by atoms with Crippen LogP contribution in [-0.4, -0.2) is 29.3 Å². The van der Waals surface area contributed by atoms with Crippen molar-refractivity contribution in [2.75, 3.05) is 13.2 Å². The molecule has 2 unspecified atom stereocenters. The summed E-state index contributed by atoms with van der Waals surface area (Å²) in [6, 6.07) is 10.5. The van der Waals surface area contributed by atoms with Crippen molar-refractivity contribution in [1.82, 2.24) is 15.5 Å². The van der Waals surface area contributed by atoms with E-state index in [2.05, 4.69) is 15.5 Å². The third-order valence-corrected chi connectivity index (χ3v) is 3.74. The molecule has 112 valence electrons. The third-order valence-electron chi connectivity index (χ3n) is 3.74. The fourth-order valence-electron chi connectivity index (χ4n) is 2.71. The Hall–Kier alpha value is -1.72. The van der Waals surface area contributed by atoms with E-state index < -0.39 is 0 Å². The van der Waals surface area contributed by atoms with Crippen LogP contribution in [0.2, 0.25) is 0 Å². The summed E-state index contributed by atoms with van der Waals surface area (Å²) in [5, 5.41) is 7.56. The van der Waals surface area contributed by atoms with E-state index in [0.29, 0.717) is 24.4 Å². The number of benzene rings is 1. The van der Waals surface area contributed by atoms with Crippen LogP contribution in [-0.2, 0) is 11.2 Å². The maximum Gasteiger partial charge on any atom is 0.228 e. The summed E-state index contributed by atoms with van der Waals surface area (Å²) in [7, 11) is 0. The summed E-state index contributed by atoms with van der Waals surface area (Å²) in [6.45, 7) is 3.66. The van der Waals surface area contributed by atoms with Crippen molar-refractivity contribution in [3.05, 3.63) is 47.6 Å². The van der Waals surface area contributed by atoms with Gasteiger partial charge in [0.15, 0.2) is 0 Å². The van der Waals surface area contributed by atoms with Gasteiger partial charge in [-0.25, -0.2) is 0 Å². The van der Waals surface area contributed by atoms with E-state index in [0.717, 1.165) is 18.5 Å². The van der Waals surface area contributed by atoms with Gasteiger partial charge in [0.2, 0.25) is 11.7 Å². The zero-order valence-electron chi connectivity index (χ0n) is 12.3. The van der Waals surface area contributed by atoms with Gasteiger partial charge in [0.25, 0.3) is 0 Å². The zero-order valence-corrected chi connectivity index (χ0v) is 12.3. The van der Waals surface area contributed by atoms with Crippen LogP contribution in [0.1, 0.15) is 43.1 Å². The molecule has 0 bridgehead atoms. The van der Waals surface area contributed by atoms with E-state index in [1.54, 1.807) is 0 Å². The molecule has 2 atom stereocenters. The number of ether oxygens (including phenoxy) is 1. The second-order valence-electron chi connectivity index (χ2n) is 5.29. The predicted octanol–water partition coefficient (Wildman–Crippen LogP) is 2.49. The van der Waals surface area contributed by atoms with Crippen LogP contribution in [0.15, 0.2) is 34.9 Å². The quantitative estimate of drug-likeness (QED) is 0.884. The maximum absolute atomic E-state index is 5.80. The number of hydrogen-bond donors (Lipinski definition) is 1. The highest BCUT2D eigenvalue weighted by molar-refractivity contribution is 5.22. The molecule has 0 spiro atoms. The molecule has 1 aromatic heterocycles. The molecule has 1 fully saturated rings. The van der Waals surface area contributed by atoms with Gasteiger partial charge >= 0.3 is 0 Å². The lowest BCUT2D eigenvalue weighted by molar-refractivity contribution is 0.0833. The smallest absolute Gasteiger partial charge is 0.228 e. The van der Waals surface area contributed by atoms with Crippen molar-refractivity contribution in [1.29, 1.82) is 0 Å². The lowest BCUT2D eigenvalue weighted by Crippen LogP contribution is -2.23. The second-order valence-corrected chi connectivity index (χ2v) is 5.29. The Balaban J connectivity index is 1.75. The lowest BCUT2D eigenvalue weighted by Gasteiger charge is -2.13.